The van der Waals surface area contributed by atoms with Crippen LogP contribution in [0.1, 0.15) is 32.4 Å². The third kappa shape index (κ3) is 4.24. The van der Waals surface area contributed by atoms with Crippen molar-refractivity contribution in [3.63, 3.8) is 0 Å². The second-order valence-electron chi connectivity index (χ2n) is 4.24. The number of hydrogen-bond donors (Lipinski definition) is 3. The normalized spacial score (nSPS) is 12.8. The van der Waals surface area contributed by atoms with Crippen LogP contribution < -0.4 is 10.1 Å². The van der Waals surface area contributed by atoms with Gasteiger partial charge in [-0.2, -0.15) is 0 Å². The molecule has 0 aliphatic heterocycles. The Morgan fingerprint density at radius 1 is 1.35 bits per heavy atom. The van der Waals surface area contributed by atoms with Gasteiger partial charge >= 0.3 is 0 Å². The van der Waals surface area contributed by atoms with E-state index in [4.69, 9.17) is 4.74 Å². The summed E-state index contributed by atoms with van der Waals surface area (Å²) in [5.41, 5.74) is 0.680. The molecule has 1 aromatic carbocycles. The maximum Gasteiger partial charge on any atom is 0.160 e. The summed E-state index contributed by atoms with van der Waals surface area (Å²) >= 11 is 0. The molecular formula is C13H21NO3. The summed E-state index contributed by atoms with van der Waals surface area (Å²) in [6, 6.07) is 5.29. The Balaban J connectivity index is 2.68. The number of rotatable bonds is 6. The van der Waals surface area contributed by atoms with E-state index in [0.29, 0.717) is 30.5 Å². The van der Waals surface area contributed by atoms with Crippen molar-refractivity contribution in [2.24, 2.45) is 0 Å². The zero-order valence-corrected chi connectivity index (χ0v) is 10.6. The van der Waals surface area contributed by atoms with Crippen molar-refractivity contribution in [3.05, 3.63) is 23.8 Å². The lowest BCUT2D eigenvalue weighted by Gasteiger charge is -2.15. The molecule has 0 spiro atoms. The molecule has 0 bridgehead atoms. The standard InChI is InChI=1S/C13H21NO3/c1-4-17-13-6-5-10(7-11(13)15)12(16)8-14-9(2)3/h5-7,9,12,14-16H,4,8H2,1-3H3. The molecule has 0 aliphatic carbocycles. The van der Waals surface area contributed by atoms with E-state index >= 15 is 0 Å². The Hall–Kier alpha value is -1.26. The number of ether oxygens (including phenoxy) is 1. The molecule has 0 fully saturated rings. The molecule has 4 heteroatoms. The van der Waals surface area contributed by atoms with Gasteiger partial charge in [0.1, 0.15) is 0 Å². The number of benzene rings is 1. The molecule has 0 saturated heterocycles. The molecule has 4 nitrogen and oxygen atoms in total. The molecule has 1 unspecified atom stereocenters. The predicted molar refractivity (Wildman–Crippen MR) is 67.4 cm³/mol. The van der Waals surface area contributed by atoms with Gasteiger partial charge in [0.2, 0.25) is 0 Å². The first-order valence-corrected chi connectivity index (χ1v) is 5.91. The van der Waals surface area contributed by atoms with Gasteiger partial charge in [-0.25, -0.2) is 0 Å². The highest BCUT2D eigenvalue weighted by Gasteiger charge is 2.11. The Bertz CT molecular complexity index is 353. The summed E-state index contributed by atoms with van der Waals surface area (Å²) in [4.78, 5) is 0. The van der Waals surface area contributed by atoms with Gasteiger partial charge < -0.3 is 20.3 Å². The fraction of sp³-hybridized carbons (Fsp3) is 0.538. The summed E-state index contributed by atoms with van der Waals surface area (Å²) in [6.07, 6.45) is -0.626. The molecule has 1 rings (SSSR count). The fourth-order valence-corrected chi connectivity index (χ4v) is 1.48. The van der Waals surface area contributed by atoms with Crippen LogP contribution in [0, 0.1) is 0 Å². The molecular weight excluding hydrogens is 218 g/mol. The van der Waals surface area contributed by atoms with Crippen LogP contribution in [0.5, 0.6) is 11.5 Å². The van der Waals surface area contributed by atoms with Gasteiger partial charge in [0.25, 0.3) is 0 Å². The molecule has 0 aliphatic rings. The predicted octanol–water partition coefficient (Wildman–Crippen LogP) is 1.82. The van der Waals surface area contributed by atoms with Crippen molar-refractivity contribution in [1.82, 2.24) is 5.32 Å². The highest BCUT2D eigenvalue weighted by atomic mass is 16.5. The molecule has 3 N–H and O–H groups in total. The Morgan fingerprint density at radius 2 is 2.06 bits per heavy atom. The van der Waals surface area contributed by atoms with E-state index in [1.807, 2.05) is 20.8 Å². The highest BCUT2D eigenvalue weighted by Crippen LogP contribution is 2.29. The SMILES string of the molecule is CCOc1ccc(C(O)CNC(C)C)cc1O. The monoisotopic (exact) mass is 239 g/mol. The van der Waals surface area contributed by atoms with Crippen molar-refractivity contribution in [3.8, 4) is 11.5 Å². The number of phenolic OH excluding ortho intramolecular Hbond substituents is 1. The molecule has 96 valence electrons. The van der Waals surface area contributed by atoms with Crippen LogP contribution in [0.15, 0.2) is 18.2 Å². The van der Waals surface area contributed by atoms with E-state index in [2.05, 4.69) is 5.32 Å². The maximum atomic E-state index is 9.90. The number of hydrogen-bond acceptors (Lipinski definition) is 4. The number of phenols is 1. The summed E-state index contributed by atoms with van der Waals surface area (Å²) < 4.78 is 5.22. The van der Waals surface area contributed by atoms with Crippen molar-refractivity contribution < 1.29 is 14.9 Å². The van der Waals surface area contributed by atoms with E-state index in [-0.39, 0.29) is 5.75 Å². The summed E-state index contributed by atoms with van der Waals surface area (Å²) in [6.45, 7) is 6.86. The van der Waals surface area contributed by atoms with Crippen molar-refractivity contribution in [1.29, 1.82) is 0 Å². The van der Waals surface area contributed by atoms with Gasteiger partial charge in [0.05, 0.1) is 12.7 Å². The zero-order chi connectivity index (χ0) is 12.8. The van der Waals surface area contributed by atoms with E-state index < -0.39 is 6.10 Å². The maximum absolute atomic E-state index is 9.90. The lowest BCUT2D eigenvalue weighted by atomic mass is 10.1. The van der Waals surface area contributed by atoms with Crippen LogP contribution in [-0.2, 0) is 0 Å². The van der Waals surface area contributed by atoms with Crippen LogP contribution in [0.2, 0.25) is 0 Å². The minimum atomic E-state index is -0.626. The van der Waals surface area contributed by atoms with E-state index in [9.17, 15) is 10.2 Å². The van der Waals surface area contributed by atoms with Gasteiger partial charge in [0, 0.05) is 12.6 Å². The third-order valence-electron chi connectivity index (χ3n) is 2.39. The van der Waals surface area contributed by atoms with Gasteiger partial charge in [-0.05, 0) is 24.6 Å². The van der Waals surface area contributed by atoms with Gasteiger partial charge in [-0.15, -0.1) is 0 Å². The molecule has 1 aromatic rings. The van der Waals surface area contributed by atoms with E-state index in [1.54, 1.807) is 12.1 Å². The number of aromatic hydroxyl groups is 1. The highest BCUT2D eigenvalue weighted by molar-refractivity contribution is 5.42. The van der Waals surface area contributed by atoms with E-state index in [1.165, 1.54) is 6.07 Å². The minimum absolute atomic E-state index is 0.0629. The minimum Gasteiger partial charge on any atom is -0.504 e. The number of aliphatic hydroxyl groups is 1. The lowest BCUT2D eigenvalue weighted by molar-refractivity contribution is 0.171. The summed E-state index contributed by atoms with van der Waals surface area (Å²) in [5.74, 6) is 0.508. The van der Waals surface area contributed by atoms with Crippen LogP contribution >= 0.6 is 0 Å². The number of aliphatic hydroxyl groups excluding tert-OH is 1. The van der Waals surface area contributed by atoms with Crippen LogP contribution in [-0.4, -0.2) is 29.4 Å². The van der Waals surface area contributed by atoms with Crippen LogP contribution in [0.4, 0.5) is 0 Å². The molecule has 1 atom stereocenters. The largest absolute Gasteiger partial charge is 0.504 e. The molecule has 0 heterocycles. The van der Waals surface area contributed by atoms with Crippen molar-refractivity contribution >= 4 is 0 Å². The molecule has 0 radical (unpaired) electrons. The van der Waals surface area contributed by atoms with Crippen LogP contribution in [0.25, 0.3) is 0 Å². The van der Waals surface area contributed by atoms with Gasteiger partial charge in [0.15, 0.2) is 11.5 Å². The van der Waals surface area contributed by atoms with Crippen molar-refractivity contribution in [2.45, 2.75) is 32.9 Å². The smallest absolute Gasteiger partial charge is 0.160 e. The molecule has 0 aromatic heterocycles. The molecule has 0 saturated carbocycles. The summed E-state index contributed by atoms with van der Waals surface area (Å²) in [7, 11) is 0. The quantitative estimate of drug-likeness (QED) is 0.708. The first-order chi connectivity index (χ1) is 8.04. The molecule has 17 heavy (non-hydrogen) atoms. The van der Waals surface area contributed by atoms with Gasteiger partial charge in [-0.1, -0.05) is 19.9 Å². The Kier molecular flexibility index (Phi) is 5.25. The first-order valence-electron chi connectivity index (χ1n) is 5.91. The van der Waals surface area contributed by atoms with Gasteiger partial charge in [-0.3, -0.25) is 0 Å². The zero-order valence-electron chi connectivity index (χ0n) is 10.6. The topological polar surface area (TPSA) is 61.7 Å². The first kappa shape index (κ1) is 13.8. The Morgan fingerprint density at radius 3 is 2.59 bits per heavy atom. The average molecular weight is 239 g/mol. The number of nitrogens with one attached hydrogen (secondary N) is 1. The average Bonchev–Trinajstić information content (AvgIpc) is 2.28. The van der Waals surface area contributed by atoms with E-state index in [0.717, 1.165) is 0 Å². The summed E-state index contributed by atoms with van der Waals surface area (Å²) in [5, 5.41) is 22.7. The third-order valence-corrected chi connectivity index (χ3v) is 2.39. The van der Waals surface area contributed by atoms with Crippen molar-refractivity contribution in [2.75, 3.05) is 13.2 Å². The molecule has 0 amide bonds. The second kappa shape index (κ2) is 6.47. The fourth-order valence-electron chi connectivity index (χ4n) is 1.48. The van der Waals surface area contributed by atoms with Crippen LogP contribution in [0.3, 0.4) is 0 Å². The Labute approximate surface area is 102 Å². The second-order valence-corrected chi connectivity index (χ2v) is 4.24. The lowest BCUT2D eigenvalue weighted by Crippen LogP contribution is -2.27.